The Labute approximate surface area is 109 Å². The molecule has 0 fully saturated rings. The first-order chi connectivity index (χ1) is 7.90. The quantitative estimate of drug-likeness (QED) is 0.891. The van der Waals surface area contributed by atoms with Crippen LogP contribution < -0.4 is 11.1 Å². The molecule has 2 rings (SSSR count). The Kier molecular flexibility index (Phi) is 3.09. The highest BCUT2D eigenvalue weighted by Gasteiger charge is 2.13. The van der Waals surface area contributed by atoms with Gasteiger partial charge in [-0.3, -0.25) is 0 Å². The molecule has 0 unspecified atom stereocenters. The lowest BCUT2D eigenvalue weighted by molar-refractivity contribution is 0.626. The number of imidazole rings is 1. The minimum absolute atomic E-state index is 0.0234. The first-order valence-electron chi connectivity index (χ1n) is 5.43. The molecule has 0 aromatic carbocycles. The summed E-state index contributed by atoms with van der Waals surface area (Å²) in [4.78, 5) is 4.37. The number of rotatable bonds is 2. The molecule has 0 radical (unpaired) electrons. The lowest BCUT2D eigenvalue weighted by Crippen LogP contribution is -2.27. The zero-order chi connectivity index (χ0) is 12.6. The monoisotopic (exact) mass is 297 g/mol. The highest BCUT2D eigenvalue weighted by atomic mass is 79.9. The molecule has 6 heteroatoms. The van der Waals surface area contributed by atoms with Gasteiger partial charge < -0.3 is 11.1 Å². The van der Waals surface area contributed by atoms with Crippen LogP contribution in [0.3, 0.4) is 0 Å². The molecule has 0 aliphatic heterocycles. The molecule has 0 aliphatic carbocycles. The van der Waals surface area contributed by atoms with Gasteiger partial charge in [0.2, 0.25) is 0 Å². The summed E-state index contributed by atoms with van der Waals surface area (Å²) in [5.41, 5.74) is 7.18. The third-order valence-corrected chi connectivity index (χ3v) is 2.98. The summed E-state index contributed by atoms with van der Waals surface area (Å²) in [7, 11) is 0. The van der Waals surface area contributed by atoms with Crippen LogP contribution in [0.15, 0.2) is 16.7 Å². The molecule has 0 bridgehead atoms. The molecule has 0 atom stereocenters. The maximum atomic E-state index is 5.61. The van der Waals surface area contributed by atoms with Crippen LogP contribution in [0.2, 0.25) is 0 Å². The van der Waals surface area contributed by atoms with Crippen LogP contribution in [0.4, 0.5) is 5.82 Å². The number of aromatic nitrogens is 3. The van der Waals surface area contributed by atoms with Crippen molar-refractivity contribution >= 4 is 27.4 Å². The highest BCUT2D eigenvalue weighted by Crippen LogP contribution is 2.19. The molecule has 17 heavy (non-hydrogen) atoms. The fraction of sp³-hybridized carbons (Fsp3) is 0.455. The van der Waals surface area contributed by atoms with Crippen molar-refractivity contribution in [1.82, 2.24) is 14.6 Å². The summed E-state index contributed by atoms with van der Waals surface area (Å²) in [6.45, 7) is 6.67. The van der Waals surface area contributed by atoms with E-state index in [1.165, 1.54) is 0 Å². The topological polar surface area (TPSA) is 68.2 Å². The van der Waals surface area contributed by atoms with Crippen molar-refractivity contribution in [2.45, 2.75) is 32.9 Å². The molecule has 92 valence electrons. The lowest BCUT2D eigenvalue weighted by atomic mass is 10.1. The summed E-state index contributed by atoms with van der Waals surface area (Å²) in [6, 6.07) is 3.84. The third-order valence-electron chi connectivity index (χ3n) is 2.19. The van der Waals surface area contributed by atoms with Gasteiger partial charge in [0.25, 0.3) is 0 Å². The third kappa shape index (κ3) is 2.58. The molecule has 2 heterocycles. The van der Waals surface area contributed by atoms with E-state index in [0.29, 0.717) is 6.54 Å². The molecule has 5 nitrogen and oxygen atoms in total. The highest BCUT2D eigenvalue weighted by molar-refractivity contribution is 9.10. The van der Waals surface area contributed by atoms with Gasteiger partial charge in [0.15, 0.2) is 5.65 Å². The van der Waals surface area contributed by atoms with Crippen LogP contribution >= 0.6 is 15.9 Å². The van der Waals surface area contributed by atoms with E-state index in [9.17, 15) is 0 Å². The molecule has 0 spiro atoms. The number of fused-ring (bicyclic) bond motifs is 1. The van der Waals surface area contributed by atoms with E-state index in [4.69, 9.17) is 5.73 Å². The van der Waals surface area contributed by atoms with Crippen LogP contribution in [0.1, 0.15) is 26.5 Å². The van der Waals surface area contributed by atoms with E-state index in [-0.39, 0.29) is 5.54 Å². The molecule has 2 aromatic heterocycles. The second-order valence-electron chi connectivity index (χ2n) is 4.92. The Hall–Kier alpha value is -1.14. The maximum Gasteiger partial charge on any atom is 0.155 e. The number of anilines is 1. The van der Waals surface area contributed by atoms with E-state index in [1.54, 1.807) is 4.52 Å². The predicted octanol–water partition coefficient (Wildman–Crippen LogP) is 2.16. The fourth-order valence-electron chi connectivity index (χ4n) is 1.53. The number of hydrogen-bond acceptors (Lipinski definition) is 4. The van der Waals surface area contributed by atoms with Crippen LogP contribution in [0, 0.1) is 0 Å². The first-order valence-corrected chi connectivity index (χ1v) is 6.22. The Balaban J connectivity index is 2.46. The van der Waals surface area contributed by atoms with Crippen molar-refractivity contribution in [3.8, 4) is 0 Å². The van der Waals surface area contributed by atoms with Crippen molar-refractivity contribution < 1.29 is 0 Å². The van der Waals surface area contributed by atoms with Gasteiger partial charge in [-0.2, -0.15) is 0 Å². The SMILES string of the molecule is CC(C)(C)Nc1ccc2nc(CN)c(Br)n2n1. The second-order valence-corrected chi connectivity index (χ2v) is 5.67. The molecule has 0 saturated heterocycles. The lowest BCUT2D eigenvalue weighted by Gasteiger charge is -2.20. The van der Waals surface area contributed by atoms with Crippen molar-refractivity contribution in [3.05, 3.63) is 22.4 Å². The summed E-state index contributed by atoms with van der Waals surface area (Å²) in [6.07, 6.45) is 0. The molecule has 2 aromatic rings. The molecular formula is C11H16BrN5. The minimum Gasteiger partial charge on any atom is -0.364 e. The number of nitrogens with one attached hydrogen (secondary N) is 1. The standard InChI is InChI=1S/C11H16BrN5/c1-11(2,3)15-8-4-5-9-14-7(6-13)10(12)17(9)16-8/h4-5H,6,13H2,1-3H3,(H,15,16). The van der Waals surface area contributed by atoms with Crippen LogP contribution in [0.5, 0.6) is 0 Å². The Morgan fingerprint density at radius 3 is 2.71 bits per heavy atom. The van der Waals surface area contributed by atoms with Gasteiger partial charge in [-0.1, -0.05) is 0 Å². The Bertz CT molecular complexity index is 541. The van der Waals surface area contributed by atoms with E-state index in [0.717, 1.165) is 21.8 Å². The Morgan fingerprint density at radius 2 is 2.12 bits per heavy atom. The average Bonchev–Trinajstić information content (AvgIpc) is 2.53. The molecular weight excluding hydrogens is 282 g/mol. The van der Waals surface area contributed by atoms with Gasteiger partial charge in [-0.25, -0.2) is 9.50 Å². The molecule has 0 saturated carbocycles. The molecule has 0 amide bonds. The van der Waals surface area contributed by atoms with Crippen molar-refractivity contribution in [2.24, 2.45) is 5.73 Å². The van der Waals surface area contributed by atoms with Gasteiger partial charge >= 0.3 is 0 Å². The average molecular weight is 298 g/mol. The van der Waals surface area contributed by atoms with Gasteiger partial charge in [-0.05, 0) is 48.8 Å². The summed E-state index contributed by atoms with van der Waals surface area (Å²) >= 11 is 3.46. The van der Waals surface area contributed by atoms with Gasteiger partial charge in [0.05, 0.1) is 5.69 Å². The molecule has 3 N–H and O–H groups in total. The van der Waals surface area contributed by atoms with E-state index < -0.39 is 0 Å². The summed E-state index contributed by atoms with van der Waals surface area (Å²) in [5, 5.41) is 7.79. The largest absolute Gasteiger partial charge is 0.364 e. The normalized spacial score (nSPS) is 12.1. The number of hydrogen-bond donors (Lipinski definition) is 2. The Morgan fingerprint density at radius 1 is 1.41 bits per heavy atom. The predicted molar refractivity (Wildman–Crippen MR) is 72.0 cm³/mol. The van der Waals surface area contributed by atoms with Crippen LogP contribution in [0.25, 0.3) is 5.65 Å². The van der Waals surface area contributed by atoms with Gasteiger partial charge in [0, 0.05) is 12.1 Å². The van der Waals surface area contributed by atoms with Crippen LogP contribution in [-0.4, -0.2) is 20.1 Å². The number of nitrogens with zero attached hydrogens (tertiary/aromatic N) is 3. The number of nitrogens with two attached hydrogens (primary N) is 1. The van der Waals surface area contributed by atoms with Crippen molar-refractivity contribution in [1.29, 1.82) is 0 Å². The number of halogens is 1. The minimum atomic E-state index is -0.0234. The van der Waals surface area contributed by atoms with Crippen molar-refractivity contribution in [3.63, 3.8) is 0 Å². The first kappa shape index (κ1) is 12.3. The van der Waals surface area contributed by atoms with E-state index in [1.807, 2.05) is 12.1 Å². The smallest absolute Gasteiger partial charge is 0.155 e. The zero-order valence-corrected chi connectivity index (χ0v) is 11.7. The van der Waals surface area contributed by atoms with Crippen LogP contribution in [-0.2, 0) is 6.54 Å². The van der Waals surface area contributed by atoms with E-state index in [2.05, 4.69) is 52.1 Å². The van der Waals surface area contributed by atoms with Gasteiger partial charge in [0.1, 0.15) is 10.4 Å². The zero-order valence-electron chi connectivity index (χ0n) is 10.2. The molecule has 0 aliphatic rings. The van der Waals surface area contributed by atoms with Crippen molar-refractivity contribution in [2.75, 3.05) is 5.32 Å². The van der Waals surface area contributed by atoms with E-state index >= 15 is 0 Å². The second kappa shape index (κ2) is 4.27. The van der Waals surface area contributed by atoms with Gasteiger partial charge in [-0.15, -0.1) is 5.10 Å². The summed E-state index contributed by atoms with van der Waals surface area (Å²) < 4.78 is 2.56. The summed E-state index contributed by atoms with van der Waals surface area (Å²) in [5.74, 6) is 0.812. The fourth-order valence-corrected chi connectivity index (χ4v) is 2.04. The maximum absolute atomic E-state index is 5.61.